The van der Waals surface area contributed by atoms with Crippen molar-refractivity contribution in [2.24, 2.45) is 11.5 Å². The highest BCUT2D eigenvalue weighted by Gasteiger charge is 2.33. The molecule has 6 atom stereocenters. The van der Waals surface area contributed by atoms with Crippen LogP contribution in [-0.4, -0.2) is 107 Å². The SMILES string of the molecule is C[C@H](NC(=O)[C@@H](NC(=O)[C@H](CN)NC(=O)c1ccc(-c2ccc(Cl)cc2)cc1)[C@@H](C)O)C(=O)N[C@@H](CCCCN)C(=O)N[C@@H](C)C(=O)C(=O)NCCc1ccccn1. The van der Waals surface area contributed by atoms with Gasteiger partial charge in [-0.25, -0.2) is 0 Å². The van der Waals surface area contributed by atoms with E-state index in [1.54, 1.807) is 60.8 Å². The molecule has 0 bridgehead atoms. The predicted octanol–water partition coefficient (Wildman–Crippen LogP) is -0.124. The van der Waals surface area contributed by atoms with Crippen LogP contribution in [0.2, 0.25) is 5.02 Å². The lowest BCUT2D eigenvalue weighted by atomic mass is 10.0. The van der Waals surface area contributed by atoms with Gasteiger partial charge in [0.25, 0.3) is 11.8 Å². The number of nitrogens with two attached hydrogens (primary N) is 2. The van der Waals surface area contributed by atoms with Crippen LogP contribution in [0.5, 0.6) is 0 Å². The van der Waals surface area contributed by atoms with E-state index in [4.69, 9.17) is 23.1 Å². The molecule has 3 rings (SSSR count). The van der Waals surface area contributed by atoms with Gasteiger partial charge in [-0.2, -0.15) is 0 Å². The lowest BCUT2D eigenvalue weighted by Gasteiger charge is -2.26. The summed E-state index contributed by atoms with van der Waals surface area (Å²) in [5.74, 6) is -5.75. The Morgan fingerprint density at radius 1 is 0.707 bits per heavy atom. The van der Waals surface area contributed by atoms with E-state index in [1.165, 1.54) is 20.8 Å². The Morgan fingerprint density at radius 3 is 1.91 bits per heavy atom. The third kappa shape index (κ3) is 14.6. The number of hydrogen-bond donors (Lipinski definition) is 9. The van der Waals surface area contributed by atoms with E-state index in [1.807, 2.05) is 12.1 Å². The Bertz CT molecular complexity index is 1860. The number of aromatic nitrogens is 1. The molecule has 58 heavy (non-hydrogen) atoms. The average Bonchev–Trinajstić information content (AvgIpc) is 3.21. The number of nitrogens with zero attached hydrogens (tertiary/aromatic N) is 1. The zero-order valence-electron chi connectivity index (χ0n) is 32.6. The second-order valence-corrected chi connectivity index (χ2v) is 14.0. The molecule has 11 N–H and O–H groups in total. The number of nitrogens with one attached hydrogen (secondary N) is 6. The fourth-order valence-electron chi connectivity index (χ4n) is 5.53. The van der Waals surface area contributed by atoms with E-state index in [9.17, 15) is 38.7 Å². The zero-order chi connectivity index (χ0) is 42.8. The standard InChI is InChI=1S/C40H52ClN9O8/c1-23(34(52)40(58)45-21-18-30-8-5-7-20-44-30)46-37(55)31(9-4-6-19-42)48-35(53)24(2)47-39(57)33(25(3)51)50-38(56)32(22-43)49-36(54)28-12-10-26(11-13-28)27-14-16-29(41)17-15-27/h5,7-8,10-17,20,23-25,31-33,51H,4,6,9,18-19,21-22,42-43H2,1-3H3,(H,45,58)(H,46,55)(H,47,57)(H,48,53)(H,49,54)(H,50,56)/t23-,24-,25+,31-,32-,33-/m0/s1. The van der Waals surface area contributed by atoms with Crippen LogP contribution in [0, 0.1) is 0 Å². The second-order valence-electron chi connectivity index (χ2n) is 13.6. The summed E-state index contributed by atoms with van der Waals surface area (Å²) in [6, 6.07) is 12.5. The highest BCUT2D eigenvalue weighted by molar-refractivity contribution is 6.38. The van der Waals surface area contributed by atoms with Crippen molar-refractivity contribution in [2.45, 2.75) is 82.8 Å². The fourth-order valence-corrected chi connectivity index (χ4v) is 5.65. The predicted molar refractivity (Wildman–Crippen MR) is 217 cm³/mol. The number of ketones is 1. The topological polar surface area (TPSA) is 277 Å². The lowest BCUT2D eigenvalue weighted by Crippen LogP contribution is -2.61. The van der Waals surface area contributed by atoms with Crippen LogP contribution in [-0.2, 0) is 35.2 Å². The largest absolute Gasteiger partial charge is 0.391 e. The van der Waals surface area contributed by atoms with Crippen molar-refractivity contribution in [2.75, 3.05) is 19.6 Å². The average molecular weight is 822 g/mol. The van der Waals surface area contributed by atoms with E-state index >= 15 is 0 Å². The molecular weight excluding hydrogens is 770 g/mol. The number of aliphatic hydroxyl groups excluding tert-OH is 1. The minimum atomic E-state index is -1.57. The first-order valence-electron chi connectivity index (χ1n) is 18.8. The van der Waals surface area contributed by atoms with E-state index < -0.39 is 77.5 Å². The van der Waals surface area contributed by atoms with E-state index in [0.717, 1.165) is 16.8 Å². The Kier molecular flexibility index (Phi) is 18.9. The summed E-state index contributed by atoms with van der Waals surface area (Å²) in [4.78, 5) is 95.3. The lowest BCUT2D eigenvalue weighted by molar-refractivity contribution is -0.140. The van der Waals surface area contributed by atoms with E-state index in [2.05, 4.69) is 36.9 Å². The molecule has 0 radical (unpaired) electrons. The van der Waals surface area contributed by atoms with Gasteiger partial charge in [-0.1, -0.05) is 41.9 Å². The van der Waals surface area contributed by atoms with Gasteiger partial charge in [0.05, 0.1) is 12.1 Å². The number of rotatable bonds is 22. The quantitative estimate of drug-likeness (QED) is 0.0476. The summed E-state index contributed by atoms with van der Waals surface area (Å²) in [6.45, 7) is 4.03. The minimum absolute atomic E-state index is 0.123. The molecule has 0 saturated carbocycles. The Morgan fingerprint density at radius 2 is 1.33 bits per heavy atom. The molecule has 1 heterocycles. The van der Waals surface area contributed by atoms with Crippen LogP contribution < -0.4 is 43.4 Å². The van der Waals surface area contributed by atoms with Gasteiger partial charge in [-0.05, 0) is 94.1 Å². The van der Waals surface area contributed by atoms with Crippen LogP contribution in [0.25, 0.3) is 11.1 Å². The van der Waals surface area contributed by atoms with E-state index in [-0.39, 0.29) is 25.1 Å². The highest BCUT2D eigenvalue weighted by atomic mass is 35.5. The number of pyridine rings is 1. The molecule has 17 nitrogen and oxygen atoms in total. The van der Waals surface area contributed by atoms with Crippen LogP contribution in [0.3, 0.4) is 0 Å². The van der Waals surface area contributed by atoms with Gasteiger partial charge < -0.3 is 48.5 Å². The Labute approximate surface area is 341 Å². The molecule has 0 aliphatic carbocycles. The van der Waals surface area contributed by atoms with Crippen molar-refractivity contribution in [3.8, 4) is 11.1 Å². The van der Waals surface area contributed by atoms with Gasteiger partial charge in [0.15, 0.2) is 0 Å². The molecule has 0 spiro atoms. The minimum Gasteiger partial charge on any atom is -0.391 e. The number of carbonyl (C=O) groups excluding carboxylic acids is 7. The van der Waals surface area contributed by atoms with E-state index in [0.29, 0.717) is 30.8 Å². The first-order valence-corrected chi connectivity index (χ1v) is 19.2. The first kappa shape index (κ1) is 46.6. The van der Waals surface area contributed by atoms with Gasteiger partial charge in [0, 0.05) is 42.0 Å². The number of Topliss-reactive ketones (excluding diaryl/α,β-unsaturated/α-hetero) is 1. The molecule has 6 amide bonds. The summed E-state index contributed by atoms with van der Waals surface area (Å²) in [6.07, 6.45) is 1.63. The van der Waals surface area contributed by atoms with Gasteiger partial charge in [0.1, 0.15) is 24.2 Å². The maximum Gasteiger partial charge on any atom is 0.289 e. The number of hydrogen-bond acceptors (Lipinski definition) is 11. The van der Waals surface area contributed by atoms with Crippen molar-refractivity contribution >= 4 is 52.8 Å². The summed E-state index contributed by atoms with van der Waals surface area (Å²) in [5.41, 5.74) is 14.1. The van der Waals surface area contributed by atoms with Crippen LogP contribution in [0.15, 0.2) is 72.9 Å². The molecule has 1 aromatic heterocycles. The highest BCUT2D eigenvalue weighted by Crippen LogP contribution is 2.22. The Balaban J connectivity index is 1.56. The van der Waals surface area contributed by atoms with Crippen molar-refractivity contribution < 1.29 is 38.7 Å². The summed E-state index contributed by atoms with van der Waals surface area (Å²) in [7, 11) is 0. The maximum atomic E-state index is 13.3. The molecule has 2 aromatic carbocycles. The normalized spacial score (nSPS) is 14.0. The smallest absolute Gasteiger partial charge is 0.289 e. The summed E-state index contributed by atoms with van der Waals surface area (Å²) < 4.78 is 0. The monoisotopic (exact) mass is 821 g/mol. The van der Waals surface area contributed by atoms with Crippen LogP contribution >= 0.6 is 11.6 Å². The third-order valence-electron chi connectivity index (χ3n) is 8.95. The third-order valence-corrected chi connectivity index (χ3v) is 9.20. The number of amides is 6. The molecular formula is C40H52ClN9O8. The second kappa shape index (κ2) is 23.5. The molecule has 0 aliphatic rings. The number of aliphatic hydroxyl groups is 1. The van der Waals surface area contributed by atoms with Crippen molar-refractivity contribution in [1.29, 1.82) is 0 Å². The van der Waals surface area contributed by atoms with Crippen LogP contribution in [0.1, 0.15) is 56.1 Å². The van der Waals surface area contributed by atoms with Crippen molar-refractivity contribution in [3.63, 3.8) is 0 Å². The summed E-state index contributed by atoms with van der Waals surface area (Å²) >= 11 is 5.96. The Hall–Kier alpha value is -5.75. The van der Waals surface area contributed by atoms with Crippen LogP contribution in [0.4, 0.5) is 0 Å². The zero-order valence-corrected chi connectivity index (χ0v) is 33.4. The van der Waals surface area contributed by atoms with Crippen molar-refractivity contribution in [1.82, 2.24) is 36.9 Å². The first-order chi connectivity index (χ1) is 27.6. The van der Waals surface area contributed by atoms with Gasteiger partial charge in [-0.15, -0.1) is 0 Å². The van der Waals surface area contributed by atoms with Gasteiger partial charge in [-0.3, -0.25) is 38.5 Å². The number of unbranched alkanes of at least 4 members (excludes halogenated alkanes) is 1. The number of benzene rings is 2. The van der Waals surface area contributed by atoms with Gasteiger partial charge in [0.2, 0.25) is 29.4 Å². The maximum absolute atomic E-state index is 13.3. The molecule has 0 aliphatic heterocycles. The molecule has 0 saturated heterocycles. The molecule has 18 heteroatoms. The summed E-state index contributed by atoms with van der Waals surface area (Å²) in [5, 5.41) is 25.8. The van der Waals surface area contributed by atoms with Crippen molar-refractivity contribution in [3.05, 3.63) is 89.2 Å². The number of halogens is 1. The molecule has 0 fully saturated rings. The molecule has 0 unspecified atom stereocenters. The fraction of sp³-hybridized carbons (Fsp3) is 0.400. The van der Waals surface area contributed by atoms with Gasteiger partial charge >= 0.3 is 0 Å². The molecule has 312 valence electrons. The molecule has 3 aromatic rings. The number of carbonyl (C=O) groups is 7.